The van der Waals surface area contributed by atoms with Gasteiger partial charge in [0.2, 0.25) is 0 Å². The molecule has 0 bridgehead atoms. The first-order chi connectivity index (χ1) is 10.1. The molecule has 0 aliphatic carbocycles. The highest BCUT2D eigenvalue weighted by atomic mass is 35.5. The van der Waals surface area contributed by atoms with Crippen molar-refractivity contribution in [2.45, 2.75) is 20.5 Å². The van der Waals surface area contributed by atoms with Crippen molar-refractivity contribution in [3.63, 3.8) is 0 Å². The van der Waals surface area contributed by atoms with Crippen LogP contribution in [0, 0.1) is 6.92 Å². The second kappa shape index (κ2) is 6.93. The number of nitrogens with one attached hydrogen (secondary N) is 1. The van der Waals surface area contributed by atoms with Crippen LogP contribution in [0.15, 0.2) is 23.6 Å². The Labute approximate surface area is 132 Å². The first kappa shape index (κ1) is 15.8. The second-order valence-electron chi connectivity index (χ2n) is 4.43. The Morgan fingerprint density at radius 1 is 1.48 bits per heavy atom. The molecule has 21 heavy (non-hydrogen) atoms. The molecule has 2 rings (SSSR count). The van der Waals surface area contributed by atoms with Crippen LogP contribution < -0.4 is 10.1 Å². The summed E-state index contributed by atoms with van der Waals surface area (Å²) in [5.74, 6) is 0.356. The Hall–Kier alpha value is -1.56. The van der Waals surface area contributed by atoms with Gasteiger partial charge < -0.3 is 15.2 Å². The van der Waals surface area contributed by atoms with Crippen LogP contribution in [-0.2, 0) is 6.61 Å². The van der Waals surface area contributed by atoms with E-state index in [0.29, 0.717) is 33.5 Å². The molecule has 0 aliphatic heterocycles. The fourth-order valence-corrected chi connectivity index (χ4v) is 3.02. The van der Waals surface area contributed by atoms with Crippen molar-refractivity contribution in [3.05, 3.63) is 44.6 Å². The molecule has 1 aromatic carbocycles. The van der Waals surface area contributed by atoms with Gasteiger partial charge in [-0.3, -0.25) is 4.79 Å². The van der Waals surface area contributed by atoms with E-state index in [1.54, 1.807) is 18.2 Å². The van der Waals surface area contributed by atoms with Gasteiger partial charge in [0.05, 0.1) is 18.2 Å². The molecule has 6 heteroatoms. The van der Waals surface area contributed by atoms with Gasteiger partial charge in [-0.05, 0) is 43.0 Å². The molecule has 0 fully saturated rings. The molecule has 112 valence electrons. The van der Waals surface area contributed by atoms with Crippen molar-refractivity contribution in [2.24, 2.45) is 0 Å². The van der Waals surface area contributed by atoms with Crippen LogP contribution >= 0.6 is 22.9 Å². The van der Waals surface area contributed by atoms with Crippen LogP contribution in [0.1, 0.15) is 27.7 Å². The Bertz CT molecular complexity index is 654. The lowest BCUT2D eigenvalue weighted by Gasteiger charge is -2.11. The number of aryl methyl sites for hydroxylation is 1. The van der Waals surface area contributed by atoms with Gasteiger partial charge in [-0.15, -0.1) is 11.3 Å². The summed E-state index contributed by atoms with van der Waals surface area (Å²) in [7, 11) is 0. The topological polar surface area (TPSA) is 58.6 Å². The molecule has 1 amide bonds. The molecule has 0 atom stereocenters. The lowest BCUT2D eigenvalue weighted by atomic mass is 10.2. The van der Waals surface area contributed by atoms with E-state index >= 15 is 0 Å². The van der Waals surface area contributed by atoms with Gasteiger partial charge in [0.25, 0.3) is 5.91 Å². The quantitative estimate of drug-likeness (QED) is 0.877. The number of amides is 1. The van der Waals surface area contributed by atoms with Crippen LogP contribution in [0.5, 0.6) is 5.75 Å². The summed E-state index contributed by atoms with van der Waals surface area (Å²) in [4.78, 5) is 12.7. The maximum absolute atomic E-state index is 12.2. The number of hydrogen-bond acceptors (Lipinski definition) is 4. The van der Waals surface area contributed by atoms with Gasteiger partial charge in [0.15, 0.2) is 0 Å². The van der Waals surface area contributed by atoms with Crippen molar-refractivity contribution in [2.75, 3.05) is 11.9 Å². The zero-order chi connectivity index (χ0) is 15.4. The van der Waals surface area contributed by atoms with E-state index in [1.807, 2.05) is 19.2 Å². The molecular formula is C15H16ClNO3S. The average Bonchev–Trinajstić information content (AvgIpc) is 2.81. The Balaban J connectivity index is 2.19. The standard InChI is InChI=1S/C15H16ClNO3S/c1-3-20-12-5-4-11(6-10(12)7-18)17-15(19)14-13(16)9(2)8-21-14/h4-6,8,18H,3,7H2,1-2H3,(H,17,19). The fraction of sp³-hybridized carbons (Fsp3) is 0.267. The van der Waals surface area contributed by atoms with E-state index in [2.05, 4.69) is 5.32 Å². The summed E-state index contributed by atoms with van der Waals surface area (Å²) >= 11 is 7.39. The highest BCUT2D eigenvalue weighted by Gasteiger charge is 2.15. The molecule has 1 aromatic heterocycles. The molecule has 0 saturated heterocycles. The number of thiophene rings is 1. The zero-order valence-electron chi connectivity index (χ0n) is 11.8. The summed E-state index contributed by atoms with van der Waals surface area (Å²) in [5.41, 5.74) is 2.10. The van der Waals surface area contributed by atoms with Gasteiger partial charge in [0.1, 0.15) is 10.6 Å². The predicted molar refractivity (Wildman–Crippen MR) is 85.6 cm³/mol. The number of rotatable bonds is 5. The number of hydrogen-bond donors (Lipinski definition) is 2. The molecule has 0 unspecified atom stereocenters. The van der Waals surface area contributed by atoms with Crippen LogP contribution in [0.2, 0.25) is 5.02 Å². The monoisotopic (exact) mass is 325 g/mol. The third-order valence-corrected chi connectivity index (χ3v) is 4.59. The van der Waals surface area contributed by atoms with Crippen molar-refractivity contribution < 1.29 is 14.6 Å². The molecule has 4 nitrogen and oxygen atoms in total. The minimum Gasteiger partial charge on any atom is -0.494 e. The second-order valence-corrected chi connectivity index (χ2v) is 5.69. The van der Waals surface area contributed by atoms with Crippen LogP contribution in [-0.4, -0.2) is 17.6 Å². The van der Waals surface area contributed by atoms with Crippen molar-refractivity contribution in [1.29, 1.82) is 0 Å². The fourth-order valence-electron chi connectivity index (χ4n) is 1.85. The summed E-state index contributed by atoms with van der Waals surface area (Å²) in [6.07, 6.45) is 0. The van der Waals surface area contributed by atoms with E-state index in [9.17, 15) is 9.90 Å². The Kier molecular flexibility index (Phi) is 5.22. The van der Waals surface area contributed by atoms with E-state index in [1.165, 1.54) is 11.3 Å². The number of benzene rings is 1. The number of ether oxygens (including phenoxy) is 1. The average molecular weight is 326 g/mol. The maximum Gasteiger partial charge on any atom is 0.267 e. The maximum atomic E-state index is 12.2. The summed E-state index contributed by atoms with van der Waals surface area (Å²) < 4.78 is 5.40. The molecule has 0 saturated carbocycles. The molecule has 0 radical (unpaired) electrons. The van der Waals surface area contributed by atoms with Crippen molar-refractivity contribution in [1.82, 2.24) is 0 Å². The van der Waals surface area contributed by atoms with E-state index < -0.39 is 0 Å². The van der Waals surface area contributed by atoms with Crippen molar-refractivity contribution >= 4 is 34.5 Å². The van der Waals surface area contributed by atoms with Gasteiger partial charge >= 0.3 is 0 Å². The first-order valence-electron chi connectivity index (χ1n) is 6.48. The summed E-state index contributed by atoms with van der Waals surface area (Å²) in [5, 5.41) is 14.5. The lowest BCUT2D eigenvalue weighted by molar-refractivity contribution is 0.103. The minimum atomic E-state index is -0.258. The molecular weight excluding hydrogens is 310 g/mol. The molecule has 2 N–H and O–H groups in total. The highest BCUT2D eigenvalue weighted by molar-refractivity contribution is 7.13. The van der Waals surface area contributed by atoms with Crippen molar-refractivity contribution in [3.8, 4) is 5.75 Å². The van der Waals surface area contributed by atoms with E-state index in [-0.39, 0.29) is 12.5 Å². The number of carbonyl (C=O) groups excluding carboxylic acids is 1. The van der Waals surface area contributed by atoms with Crippen LogP contribution in [0.3, 0.4) is 0 Å². The number of aliphatic hydroxyl groups excluding tert-OH is 1. The summed E-state index contributed by atoms with van der Waals surface area (Å²) in [6.45, 7) is 4.09. The molecule has 0 spiro atoms. The van der Waals surface area contributed by atoms with Crippen LogP contribution in [0.25, 0.3) is 0 Å². The number of carbonyl (C=O) groups is 1. The largest absolute Gasteiger partial charge is 0.494 e. The van der Waals surface area contributed by atoms with E-state index in [0.717, 1.165) is 5.56 Å². The van der Waals surface area contributed by atoms with Gasteiger partial charge in [-0.2, -0.15) is 0 Å². The first-order valence-corrected chi connectivity index (χ1v) is 7.74. The Morgan fingerprint density at radius 3 is 2.81 bits per heavy atom. The SMILES string of the molecule is CCOc1ccc(NC(=O)c2scc(C)c2Cl)cc1CO. The molecule has 2 aromatic rings. The predicted octanol–water partition coefficient (Wildman–Crippen LogP) is 3.85. The van der Waals surface area contributed by atoms with Gasteiger partial charge in [0, 0.05) is 11.3 Å². The molecule has 1 heterocycles. The van der Waals surface area contributed by atoms with Gasteiger partial charge in [-0.1, -0.05) is 11.6 Å². The number of halogens is 1. The van der Waals surface area contributed by atoms with Gasteiger partial charge in [-0.25, -0.2) is 0 Å². The normalized spacial score (nSPS) is 10.5. The third kappa shape index (κ3) is 3.56. The van der Waals surface area contributed by atoms with E-state index in [4.69, 9.17) is 16.3 Å². The van der Waals surface area contributed by atoms with Crippen LogP contribution in [0.4, 0.5) is 5.69 Å². The summed E-state index contributed by atoms with van der Waals surface area (Å²) in [6, 6.07) is 5.15. The third-order valence-electron chi connectivity index (χ3n) is 2.89. The highest BCUT2D eigenvalue weighted by Crippen LogP contribution is 2.29. The molecule has 0 aliphatic rings. The number of aliphatic hydroxyl groups is 1. The lowest BCUT2D eigenvalue weighted by Crippen LogP contribution is -2.11. The zero-order valence-corrected chi connectivity index (χ0v) is 13.3. The number of anilines is 1. The minimum absolute atomic E-state index is 0.155. The smallest absolute Gasteiger partial charge is 0.267 e. The Morgan fingerprint density at radius 2 is 2.24 bits per heavy atom.